The first-order valence-corrected chi connectivity index (χ1v) is 23.1. The maximum Gasteiger partial charge on any atom is 0.135 e. The zero-order chi connectivity index (χ0) is 38.2. The van der Waals surface area contributed by atoms with Crippen molar-refractivity contribution in [2.75, 3.05) is 9.80 Å². The smallest absolute Gasteiger partial charge is 0.135 e. The van der Waals surface area contributed by atoms with Crippen molar-refractivity contribution in [2.45, 2.75) is 75.0 Å². The summed E-state index contributed by atoms with van der Waals surface area (Å²) in [5.74, 6) is 6.60. The normalized spacial score (nSPS) is 30.6. The number of hydrogen-bond donors (Lipinski definition) is 0. The second-order valence-electron chi connectivity index (χ2n) is 20.5. The molecule has 8 aliphatic carbocycles. The van der Waals surface area contributed by atoms with Crippen molar-refractivity contribution in [1.82, 2.24) is 0 Å². The first kappa shape index (κ1) is 32.6. The maximum atomic E-state index is 6.69. The molecule has 3 nitrogen and oxygen atoms in total. The standard InChI is InChI=1S/C56H50N2O/c1-5-13-49-45(9-1)55(37-23-33-21-34(25-37)26-38(55)24-33)46-10-2-6-14-50(46)57(49)41-17-19-53-43(31-41)44-32-42(18-20-54(44)59-53)58-51-15-7-3-11-47(51)56(48-12-4-8-16-52(48)58)39-27-35-22-36(29-39)30-40(56)28-35/h1-20,31-40H,21-30H2. The minimum Gasteiger partial charge on any atom is -0.456 e. The highest BCUT2D eigenvalue weighted by atomic mass is 16.3. The molecule has 3 heteroatoms. The summed E-state index contributed by atoms with van der Waals surface area (Å²) in [5.41, 5.74) is 16.2. The Balaban J connectivity index is 0.893. The molecule has 0 saturated heterocycles. The Morgan fingerprint density at radius 1 is 0.356 bits per heavy atom. The number of hydrogen-bond acceptors (Lipinski definition) is 3. The van der Waals surface area contributed by atoms with Crippen LogP contribution in [0.5, 0.6) is 0 Å². The summed E-state index contributed by atoms with van der Waals surface area (Å²) in [4.78, 5) is 5.18. The Kier molecular flexibility index (Phi) is 6.23. The second-order valence-corrected chi connectivity index (χ2v) is 20.5. The predicted molar refractivity (Wildman–Crippen MR) is 239 cm³/mol. The summed E-state index contributed by atoms with van der Waals surface area (Å²) in [7, 11) is 0. The van der Waals surface area contributed by atoms with Crippen molar-refractivity contribution < 1.29 is 4.42 Å². The van der Waals surface area contributed by atoms with E-state index in [1.807, 2.05) is 0 Å². The molecule has 6 aromatic carbocycles. The van der Waals surface area contributed by atoms with Gasteiger partial charge in [0, 0.05) is 33.0 Å². The van der Waals surface area contributed by atoms with Gasteiger partial charge in [0.2, 0.25) is 0 Å². The Morgan fingerprint density at radius 2 is 0.661 bits per heavy atom. The molecular weight excluding hydrogens is 717 g/mol. The molecule has 17 rings (SSSR count). The summed E-state index contributed by atoms with van der Waals surface area (Å²) < 4.78 is 6.69. The average molecular weight is 767 g/mol. The van der Waals surface area contributed by atoms with Gasteiger partial charge in [-0.2, -0.15) is 0 Å². The number of nitrogens with zero attached hydrogens (tertiary/aromatic N) is 2. The highest BCUT2D eigenvalue weighted by Crippen LogP contribution is 2.71. The molecule has 0 unspecified atom stereocenters. The molecule has 0 N–H and O–H groups in total. The van der Waals surface area contributed by atoms with Gasteiger partial charge in [-0.15, -0.1) is 0 Å². The third-order valence-electron chi connectivity index (χ3n) is 18.2. The molecule has 8 saturated carbocycles. The van der Waals surface area contributed by atoms with Crippen LogP contribution in [0, 0.1) is 47.3 Å². The van der Waals surface area contributed by atoms with Crippen LogP contribution in [0.1, 0.15) is 86.5 Å². The van der Waals surface area contributed by atoms with Gasteiger partial charge in [-0.25, -0.2) is 0 Å². The molecule has 1 aromatic heterocycles. The Morgan fingerprint density at radius 3 is 0.983 bits per heavy atom. The molecular formula is C56H50N2O. The largest absolute Gasteiger partial charge is 0.456 e. The van der Waals surface area contributed by atoms with Gasteiger partial charge in [0.25, 0.3) is 0 Å². The summed E-state index contributed by atoms with van der Waals surface area (Å²) in [6.45, 7) is 0. The molecule has 10 aliphatic rings. The van der Waals surface area contributed by atoms with Gasteiger partial charge < -0.3 is 14.2 Å². The van der Waals surface area contributed by atoms with Crippen molar-refractivity contribution in [3.05, 3.63) is 156 Å². The van der Waals surface area contributed by atoms with E-state index in [4.69, 9.17) is 4.42 Å². The molecule has 0 radical (unpaired) electrons. The predicted octanol–water partition coefficient (Wildman–Crippen LogP) is 14.6. The van der Waals surface area contributed by atoms with Gasteiger partial charge in [0.1, 0.15) is 11.2 Å². The molecule has 3 heterocycles. The SMILES string of the molecule is c1ccc2c(c1)N(c1ccc3oc4ccc(N5c6ccccc6C6(c7ccccc75)C5CC7CC(C5)CC6C7)cc4c3c1)c1ccccc1C21C2CC3CC(C2)CC1C3. The minimum absolute atomic E-state index is 0.106. The fourth-order valence-corrected chi connectivity index (χ4v) is 16.8. The van der Waals surface area contributed by atoms with Gasteiger partial charge >= 0.3 is 0 Å². The molecule has 2 aliphatic heterocycles. The number of fused-ring (bicyclic) bond motifs is 7. The highest BCUT2D eigenvalue weighted by molar-refractivity contribution is 6.08. The van der Waals surface area contributed by atoms with E-state index in [-0.39, 0.29) is 10.8 Å². The lowest BCUT2D eigenvalue weighted by Gasteiger charge is -2.64. The molecule has 290 valence electrons. The number of furan rings is 1. The van der Waals surface area contributed by atoms with E-state index >= 15 is 0 Å². The van der Waals surface area contributed by atoms with E-state index in [0.29, 0.717) is 0 Å². The van der Waals surface area contributed by atoms with Gasteiger partial charge in [0.15, 0.2) is 0 Å². The van der Waals surface area contributed by atoms with Crippen LogP contribution in [0.15, 0.2) is 138 Å². The molecule has 2 spiro atoms. The van der Waals surface area contributed by atoms with Crippen molar-refractivity contribution in [3.63, 3.8) is 0 Å². The fourth-order valence-electron chi connectivity index (χ4n) is 16.8. The third-order valence-corrected chi connectivity index (χ3v) is 18.2. The second kappa shape index (κ2) is 11.3. The van der Waals surface area contributed by atoms with Gasteiger partial charge in [-0.1, -0.05) is 72.8 Å². The van der Waals surface area contributed by atoms with Gasteiger partial charge in [-0.05, 0) is 194 Å². The lowest BCUT2D eigenvalue weighted by molar-refractivity contribution is -0.0419. The summed E-state index contributed by atoms with van der Waals surface area (Å²) >= 11 is 0. The van der Waals surface area contributed by atoms with Crippen molar-refractivity contribution in [3.8, 4) is 0 Å². The lowest BCUT2D eigenvalue weighted by atomic mass is 9.41. The van der Waals surface area contributed by atoms with Crippen LogP contribution >= 0.6 is 0 Å². The molecule has 0 amide bonds. The maximum absolute atomic E-state index is 6.69. The van der Waals surface area contributed by atoms with Crippen LogP contribution in [-0.2, 0) is 10.8 Å². The van der Waals surface area contributed by atoms with E-state index in [2.05, 4.69) is 143 Å². The zero-order valence-electron chi connectivity index (χ0n) is 33.7. The van der Waals surface area contributed by atoms with E-state index in [1.54, 1.807) is 22.3 Å². The number of para-hydroxylation sites is 4. The van der Waals surface area contributed by atoms with Gasteiger partial charge in [0.05, 0.1) is 22.7 Å². The summed E-state index contributed by atoms with van der Waals surface area (Å²) in [5, 5.41) is 2.36. The van der Waals surface area contributed by atoms with Crippen LogP contribution in [0.4, 0.5) is 34.1 Å². The van der Waals surface area contributed by atoms with E-state index in [1.165, 1.54) is 109 Å². The van der Waals surface area contributed by atoms with Crippen LogP contribution in [0.2, 0.25) is 0 Å². The molecule has 8 fully saturated rings. The van der Waals surface area contributed by atoms with Gasteiger partial charge in [-0.3, -0.25) is 0 Å². The fraction of sp³-hybridized carbons (Fsp3) is 0.357. The van der Waals surface area contributed by atoms with Crippen molar-refractivity contribution >= 4 is 56.1 Å². The van der Waals surface area contributed by atoms with Crippen LogP contribution in [-0.4, -0.2) is 0 Å². The Labute approximate surface area is 347 Å². The number of rotatable bonds is 2. The first-order valence-electron chi connectivity index (χ1n) is 23.1. The van der Waals surface area contributed by atoms with E-state index in [9.17, 15) is 0 Å². The molecule has 7 aromatic rings. The molecule has 59 heavy (non-hydrogen) atoms. The monoisotopic (exact) mass is 766 g/mol. The average Bonchev–Trinajstić information content (AvgIpc) is 3.63. The quantitative estimate of drug-likeness (QED) is 0.175. The Bertz CT molecular complexity index is 2570. The number of anilines is 6. The van der Waals surface area contributed by atoms with Crippen LogP contribution < -0.4 is 9.80 Å². The van der Waals surface area contributed by atoms with E-state index in [0.717, 1.165) is 58.5 Å². The van der Waals surface area contributed by atoms with Crippen LogP contribution in [0.3, 0.4) is 0 Å². The first-order chi connectivity index (χ1) is 29.2. The Hall–Kier alpha value is -5.28. The number of benzene rings is 6. The van der Waals surface area contributed by atoms with Crippen molar-refractivity contribution in [2.24, 2.45) is 47.3 Å². The van der Waals surface area contributed by atoms with Crippen LogP contribution in [0.25, 0.3) is 21.9 Å². The van der Waals surface area contributed by atoms with E-state index < -0.39 is 0 Å². The topological polar surface area (TPSA) is 19.6 Å². The molecule has 8 bridgehead atoms. The summed E-state index contributed by atoms with van der Waals surface area (Å²) in [6, 6.07) is 51.9. The molecule has 0 atom stereocenters. The summed E-state index contributed by atoms with van der Waals surface area (Å²) in [6.07, 6.45) is 14.1. The minimum atomic E-state index is 0.106. The van der Waals surface area contributed by atoms with Crippen molar-refractivity contribution in [1.29, 1.82) is 0 Å². The lowest BCUT2D eigenvalue weighted by Crippen LogP contribution is -2.57. The highest BCUT2D eigenvalue weighted by Gasteiger charge is 2.63. The zero-order valence-corrected chi connectivity index (χ0v) is 33.7. The third kappa shape index (κ3) is 3.97.